The van der Waals surface area contributed by atoms with Gasteiger partial charge in [0.15, 0.2) is 0 Å². The summed E-state index contributed by atoms with van der Waals surface area (Å²) in [6.45, 7) is 7.37. The monoisotopic (exact) mass is 185 g/mol. The number of carbonyl (C=O) groups is 2. The molecule has 0 aromatic carbocycles. The zero-order chi connectivity index (χ0) is 10.6. The Morgan fingerprint density at radius 3 is 2.08 bits per heavy atom. The van der Waals surface area contributed by atoms with Crippen molar-refractivity contribution in [3.05, 3.63) is 0 Å². The van der Waals surface area contributed by atoms with Crippen molar-refractivity contribution in [2.24, 2.45) is 11.3 Å². The molecule has 1 amide bonds. The minimum Gasteiger partial charge on any atom is -0.359 e. The van der Waals surface area contributed by atoms with Gasteiger partial charge in [-0.2, -0.15) is 0 Å². The van der Waals surface area contributed by atoms with Gasteiger partial charge in [-0.05, 0) is 0 Å². The highest BCUT2D eigenvalue weighted by atomic mass is 16.2. The quantitative estimate of drug-likeness (QED) is 0.722. The lowest BCUT2D eigenvalue weighted by Crippen LogP contribution is -2.30. The van der Waals surface area contributed by atoms with E-state index in [1.165, 1.54) is 0 Å². The molecule has 13 heavy (non-hydrogen) atoms. The number of hydrogen-bond donors (Lipinski definition) is 1. The van der Waals surface area contributed by atoms with Crippen LogP contribution in [0.2, 0.25) is 0 Å². The molecule has 0 saturated carbocycles. The number of carbonyl (C=O) groups excluding carboxylic acids is 2. The van der Waals surface area contributed by atoms with E-state index in [0.717, 1.165) is 0 Å². The first-order valence-electron chi connectivity index (χ1n) is 4.54. The van der Waals surface area contributed by atoms with Crippen LogP contribution in [0.15, 0.2) is 0 Å². The van der Waals surface area contributed by atoms with Gasteiger partial charge < -0.3 is 5.32 Å². The van der Waals surface area contributed by atoms with Crippen LogP contribution in [0.4, 0.5) is 0 Å². The van der Waals surface area contributed by atoms with E-state index in [1.807, 2.05) is 20.8 Å². The number of rotatable bonds is 3. The largest absolute Gasteiger partial charge is 0.359 e. The molecule has 1 N–H and O–H groups in total. The van der Waals surface area contributed by atoms with Gasteiger partial charge in [0.05, 0.1) is 0 Å². The summed E-state index contributed by atoms with van der Waals surface area (Å²) in [5, 5.41) is 2.53. The van der Waals surface area contributed by atoms with Crippen LogP contribution in [-0.2, 0) is 9.59 Å². The Morgan fingerprint density at radius 2 is 1.77 bits per heavy atom. The molecular weight excluding hydrogens is 166 g/mol. The smallest absolute Gasteiger partial charge is 0.223 e. The Labute approximate surface area is 79.9 Å². The average Bonchev–Trinajstić information content (AvgIpc) is 2.01. The molecule has 1 atom stereocenters. The lowest BCUT2D eigenvalue weighted by molar-refractivity contribution is -0.132. The van der Waals surface area contributed by atoms with Gasteiger partial charge in [-0.1, -0.05) is 27.7 Å². The SMILES string of the molecule is CNC(=O)[C@@H](C)CC(=O)C(C)(C)C. The van der Waals surface area contributed by atoms with E-state index >= 15 is 0 Å². The standard InChI is InChI=1S/C10H19NO2/c1-7(9(13)11-5)6-8(12)10(2,3)4/h7H,6H2,1-5H3,(H,11,13)/t7-/m0/s1. The maximum Gasteiger partial charge on any atom is 0.223 e. The molecule has 0 rings (SSSR count). The molecule has 0 aromatic rings. The topological polar surface area (TPSA) is 46.2 Å². The van der Waals surface area contributed by atoms with Crippen LogP contribution in [0.3, 0.4) is 0 Å². The summed E-state index contributed by atoms with van der Waals surface area (Å²) in [4.78, 5) is 22.6. The van der Waals surface area contributed by atoms with Crippen LogP contribution in [0.25, 0.3) is 0 Å². The van der Waals surface area contributed by atoms with E-state index in [9.17, 15) is 9.59 Å². The molecule has 0 heterocycles. The molecule has 76 valence electrons. The highest BCUT2D eigenvalue weighted by molar-refractivity contribution is 5.89. The van der Waals surface area contributed by atoms with Gasteiger partial charge >= 0.3 is 0 Å². The third-order valence-corrected chi connectivity index (χ3v) is 2.02. The van der Waals surface area contributed by atoms with Crippen molar-refractivity contribution in [2.45, 2.75) is 34.1 Å². The third kappa shape index (κ3) is 4.06. The van der Waals surface area contributed by atoms with Crippen LogP contribution in [0, 0.1) is 11.3 Å². The molecule has 3 nitrogen and oxygen atoms in total. The van der Waals surface area contributed by atoms with Gasteiger partial charge in [0.2, 0.25) is 5.91 Å². The van der Waals surface area contributed by atoms with E-state index in [0.29, 0.717) is 6.42 Å². The lowest BCUT2D eigenvalue weighted by Gasteiger charge is -2.18. The molecule has 0 aromatic heterocycles. The average molecular weight is 185 g/mol. The first-order chi connectivity index (χ1) is 5.79. The Hall–Kier alpha value is -0.860. The Bertz CT molecular complexity index is 203. The summed E-state index contributed by atoms with van der Waals surface area (Å²) in [6.07, 6.45) is 0.323. The number of ketones is 1. The molecule has 0 aliphatic carbocycles. The maximum absolute atomic E-state index is 11.5. The molecule has 0 saturated heterocycles. The highest BCUT2D eigenvalue weighted by Crippen LogP contribution is 2.19. The van der Waals surface area contributed by atoms with Gasteiger partial charge in [-0.25, -0.2) is 0 Å². The Morgan fingerprint density at radius 1 is 1.31 bits per heavy atom. The summed E-state index contributed by atoms with van der Waals surface area (Å²) in [5.74, 6) is -0.169. The first kappa shape index (κ1) is 12.1. The minimum atomic E-state index is -0.345. The van der Waals surface area contributed by atoms with Crippen molar-refractivity contribution < 1.29 is 9.59 Å². The summed E-state index contributed by atoms with van der Waals surface area (Å²) in [7, 11) is 1.58. The van der Waals surface area contributed by atoms with E-state index in [2.05, 4.69) is 5.32 Å². The molecule has 0 bridgehead atoms. The fourth-order valence-corrected chi connectivity index (χ4v) is 0.923. The first-order valence-corrected chi connectivity index (χ1v) is 4.54. The van der Waals surface area contributed by atoms with Crippen molar-refractivity contribution in [1.82, 2.24) is 5.32 Å². The van der Waals surface area contributed by atoms with Crippen molar-refractivity contribution >= 4 is 11.7 Å². The number of hydrogen-bond acceptors (Lipinski definition) is 2. The summed E-state index contributed by atoms with van der Waals surface area (Å²) < 4.78 is 0. The van der Waals surface area contributed by atoms with E-state index < -0.39 is 0 Å². The van der Waals surface area contributed by atoms with Crippen LogP contribution in [0.1, 0.15) is 34.1 Å². The second-order valence-electron chi connectivity index (χ2n) is 4.39. The summed E-state index contributed by atoms with van der Waals surface area (Å²) in [5.41, 5.74) is -0.345. The molecule has 0 spiro atoms. The van der Waals surface area contributed by atoms with Crippen LogP contribution < -0.4 is 5.32 Å². The molecule has 0 fully saturated rings. The van der Waals surface area contributed by atoms with Crippen LogP contribution in [0.5, 0.6) is 0 Å². The van der Waals surface area contributed by atoms with Gasteiger partial charge in [0, 0.05) is 24.8 Å². The number of Topliss-reactive ketones (excluding diaryl/α,β-unsaturated/α-hetero) is 1. The normalized spacial score (nSPS) is 13.6. The maximum atomic E-state index is 11.5. The van der Waals surface area contributed by atoms with Gasteiger partial charge in [-0.15, -0.1) is 0 Å². The van der Waals surface area contributed by atoms with Crippen molar-refractivity contribution in [2.75, 3.05) is 7.05 Å². The van der Waals surface area contributed by atoms with E-state index in [1.54, 1.807) is 14.0 Å². The predicted octanol–water partition coefficient (Wildman–Crippen LogP) is 1.37. The zero-order valence-corrected chi connectivity index (χ0v) is 9.10. The van der Waals surface area contributed by atoms with Gasteiger partial charge in [0.1, 0.15) is 5.78 Å². The second-order valence-corrected chi connectivity index (χ2v) is 4.39. The molecule has 0 radical (unpaired) electrons. The predicted molar refractivity (Wildman–Crippen MR) is 52.3 cm³/mol. The van der Waals surface area contributed by atoms with Gasteiger partial charge in [0.25, 0.3) is 0 Å². The zero-order valence-electron chi connectivity index (χ0n) is 9.10. The van der Waals surface area contributed by atoms with Crippen molar-refractivity contribution in [3.63, 3.8) is 0 Å². The number of nitrogens with one attached hydrogen (secondary N) is 1. The molecule has 0 aliphatic rings. The summed E-state index contributed by atoms with van der Waals surface area (Å²) in [6, 6.07) is 0. The fraction of sp³-hybridized carbons (Fsp3) is 0.800. The fourth-order valence-electron chi connectivity index (χ4n) is 0.923. The van der Waals surface area contributed by atoms with Crippen LogP contribution >= 0.6 is 0 Å². The third-order valence-electron chi connectivity index (χ3n) is 2.02. The summed E-state index contributed by atoms with van der Waals surface area (Å²) >= 11 is 0. The van der Waals surface area contributed by atoms with E-state index in [4.69, 9.17) is 0 Å². The molecule has 0 aliphatic heterocycles. The molecule has 0 unspecified atom stereocenters. The Kier molecular flexibility index (Phi) is 4.11. The van der Waals surface area contributed by atoms with E-state index in [-0.39, 0.29) is 23.0 Å². The van der Waals surface area contributed by atoms with Gasteiger partial charge in [-0.3, -0.25) is 9.59 Å². The van der Waals surface area contributed by atoms with Crippen molar-refractivity contribution in [3.8, 4) is 0 Å². The molecule has 3 heteroatoms. The number of amides is 1. The Balaban J connectivity index is 4.15. The minimum absolute atomic E-state index is 0.0717. The van der Waals surface area contributed by atoms with Crippen molar-refractivity contribution in [1.29, 1.82) is 0 Å². The second kappa shape index (κ2) is 4.40. The highest BCUT2D eigenvalue weighted by Gasteiger charge is 2.25. The lowest BCUT2D eigenvalue weighted by atomic mass is 9.85. The molecular formula is C10H19NO2. The van der Waals surface area contributed by atoms with Crippen LogP contribution in [-0.4, -0.2) is 18.7 Å².